The Kier molecular flexibility index (Phi) is 7.18. The van der Waals surface area contributed by atoms with Gasteiger partial charge in [0.15, 0.2) is 0 Å². The second-order valence-corrected chi connectivity index (χ2v) is 6.95. The Balaban J connectivity index is 3.01. The van der Waals surface area contributed by atoms with Gasteiger partial charge in [-0.1, -0.05) is 18.8 Å². The lowest BCUT2D eigenvalue weighted by atomic mass is 10.2. The molecule has 21 heavy (non-hydrogen) atoms. The van der Waals surface area contributed by atoms with Crippen LogP contribution in [0.15, 0.2) is 23.1 Å². The van der Waals surface area contributed by atoms with Crippen molar-refractivity contribution in [2.24, 2.45) is 5.73 Å². The highest BCUT2D eigenvalue weighted by Gasteiger charge is 2.19. The highest BCUT2D eigenvalue weighted by Crippen LogP contribution is 2.15. The van der Waals surface area contributed by atoms with Crippen LogP contribution in [-0.4, -0.2) is 33.0 Å². The van der Waals surface area contributed by atoms with Crippen molar-refractivity contribution < 1.29 is 12.8 Å². The van der Waals surface area contributed by atoms with E-state index >= 15 is 0 Å². The SMILES string of the molecule is CCC(CSC)NS(=O)(=O)c1ccc(C#CCN)c(F)c1. The molecule has 0 aliphatic heterocycles. The van der Waals surface area contributed by atoms with Crippen molar-refractivity contribution in [3.8, 4) is 11.8 Å². The smallest absolute Gasteiger partial charge is 0.240 e. The maximum absolute atomic E-state index is 13.8. The molecule has 0 heterocycles. The van der Waals surface area contributed by atoms with E-state index in [2.05, 4.69) is 16.6 Å². The molecule has 0 aromatic heterocycles. The van der Waals surface area contributed by atoms with Gasteiger partial charge in [-0.25, -0.2) is 17.5 Å². The molecule has 0 spiro atoms. The fraction of sp³-hybridized carbons (Fsp3) is 0.429. The van der Waals surface area contributed by atoms with Crippen LogP contribution >= 0.6 is 11.8 Å². The number of nitrogens with one attached hydrogen (secondary N) is 1. The molecule has 1 atom stereocenters. The third-order valence-electron chi connectivity index (χ3n) is 2.76. The molecule has 1 aromatic rings. The maximum atomic E-state index is 13.8. The minimum Gasteiger partial charge on any atom is -0.320 e. The predicted octanol–water partition coefficient (Wildman–Crippen LogP) is 1.56. The monoisotopic (exact) mass is 330 g/mol. The highest BCUT2D eigenvalue weighted by molar-refractivity contribution is 7.98. The van der Waals surface area contributed by atoms with E-state index < -0.39 is 15.8 Å². The van der Waals surface area contributed by atoms with E-state index in [1.165, 1.54) is 12.1 Å². The zero-order chi connectivity index (χ0) is 15.9. The molecule has 0 amide bonds. The van der Waals surface area contributed by atoms with Crippen LogP contribution in [0.25, 0.3) is 0 Å². The Hall–Kier alpha value is -1.07. The van der Waals surface area contributed by atoms with Crippen LogP contribution in [0.2, 0.25) is 0 Å². The van der Waals surface area contributed by atoms with E-state index in [0.29, 0.717) is 12.2 Å². The lowest BCUT2D eigenvalue weighted by Crippen LogP contribution is -2.36. The number of nitrogens with two attached hydrogens (primary N) is 1. The molecule has 116 valence electrons. The number of benzene rings is 1. The second-order valence-electron chi connectivity index (χ2n) is 4.33. The average Bonchev–Trinajstić information content (AvgIpc) is 2.45. The minimum atomic E-state index is -3.73. The van der Waals surface area contributed by atoms with E-state index in [1.54, 1.807) is 11.8 Å². The summed E-state index contributed by atoms with van der Waals surface area (Å²) in [4.78, 5) is -0.0992. The number of sulfonamides is 1. The first-order valence-electron chi connectivity index (χ1n) is 6.44. The minimum absolute atomic E-state index is 0.0992. The Morgan fingerprint density at radius 1 is 1.48 bits per heavy atom. The van der Waals surface area contributed by atoms with Gasteiger partial charge in [0.25, 0.3) is 0 Å². The lowest BCUT2D eigenvalue weighted by molar-refractivity contribution is 0.555. The number of thioether (sulfide) groups is 1. The van der Waals surface area contributed by atoms with E-state index in [9.17, 15) is 12.8 Å². The van der Waals surface area contributed by atoms with Crippen LogP contribution in [0.5, 0.6) is 0 Å². The molecule has 3 N–H and O–H groups in total. The van der Waals surface area contributed by atoms with Crippen molar-refractivity contribution >= 4 is 21.8 Å². The van der Waals surface area contributed by atoms with Gasteiger partial charge in [0.2, 0.25) is 10.0 Å². The molecule has 0 aliphatic carbocycles. The molecule has 0 bridgehead atoms. The van der Waals surface area contributed by atoms with E-state index in [0.717, 1.165) is 6.07 Å². The molecular formula is C14H19FN2O2S2. The topological polar surface area (TPSA) is 72.2 Å². The molecular weight excluding hydrogens is 311 g/mol. The van der Waals surface area contributed by atoms with Gasteiger partial charge in [0, 0.05) is 11.8 Å². The first kappa shape index (κ1) is 18.0. The first-order chi connectivity index (χ1) is 9.94. The molecule has 0 saturated heterocycles. The molecule has 0 radical (unpaired) electrons. The van der Waals surface area contributed by atoms with Crippen LogP contribution in [0.1, 0.15) is 18.9 Å². The average molecular weight is 330 g/mol. The van der Waals surface area contributed by atoms with Gasteiger partial charge in [-0.15, -0.1) is 0 Å². The zero-order valence-corrected chi connectivity index (χ0v) is 13.7. The van der Waals surface area contributed by atoms with Gasteiger partial charge < -0.3 is 5.73 Å². The number of rotatable bonds is 6. The van der Waals surface area contributed by atoms with Gasteiger partial charge >= 0.3 is 0 Å². The quantitative estimate of drug-likeness (QED) is 0.777. The fourth-order valence-electron chi connectivity index (χ4n) is 1.63. The van der Waals surface area contributed by atoms with Crippen LogP contribution < -0.4 is 10.5 Å². The van der Waals surface area contributed by atoms with Gasteiger partial charge in [-0.3, -0.25) is 0 Å². The fourth-order valence-corrected chi connectivity index (χ4v) is 3.79. The first-order valence-corrected chi connectivity index (χ1v) is 9.32. The molecule has 1 unspecified atom stereocenters. The molecule has 1 rings (SSSR count). The third kappa shape index (κ3) is 5.32. The van der Waals surface area contributed by atoms with Gasteiger partial charge in [-0.05, 0) is 30.9 Å². The number of hydrogen-bond donors (Lipinski definition) is 2. The Bertz CT molecular complexity index is 636. The molecule has 0 aliphatic rings. The van der Waals surface area contributed by atoms with Crippen LogP contribution in [-0.2, 0) is 10.0 Å². The standard InChI is InChI=1S/C14H19FN2O2S2/c1-3-12(10-20-2)17-21(18,19)13-7-6-11(5-4-8-16)14(15)9-13/h6-7,9,12,17H,3,8,10,16H2,1-2H3. The van der Waals surface area contributed by atoms with E-state index in [4.69, 9.17) is 5.73 Å². The van der Waals surface area contributed by atoms with Gasteiger partial charge in [-0.2, -0.15) is 11.8 Å². The summed E-state index contributed by atoms with van der Waals surface area (Å²) in [6.45, 7) is 2.02. The van der Waals surface area contributed by atoms with Crippen molar-refractivity contribution in [2.45, 2.75) is 24.3 Å². The molecule has 0 saturated carbocycles. The van der Waals surface area contributed by atoms with Crippen molar-refractivity contribution in [3.63, 3.8) is 0 Å². The largest absolute Gasteiger partial charge is 0.320 e. The summed E-state index contributed by atoms with van der Waals surface area (Å²) >= 11 is 1.55. The third-order valence-corrected chi connectivity index (χ3v) is 5.01. The molecule has 4 nitrogen and oxygen atoms in total. The van der Waals surface area contributed by atoms with Gasteiger partial charge in [0.1, 0.15) is 5.82 Å². The normalized spacial score (nSPS) is 12.6. The Morgan fingerprint density at radius 2 is 2.19 bits per heavy atom. The summed E-state index contributed by atoms with van der Waals surface area (Å²) in [6.07, 6.45) is 2.57. The van der Waals surface area contributed by atoms with Crippen molar-refractivity contribution in [2.75, 3.05) is 18.6 Å². The number of halogens is 1. The second kappa shape index (κ2) is 8.39. The molecule has 1 aromatic carbocycles. The van der Waals surface area contributed by atoms with Crippen LogP contribution in [0, 0.1) is 17.7 Å². The Labute approximate surface area is 129 Å². The zero-order valence-electron chi connectivity index (χ0n) is 12.0. The Morgan fingerprint density at radius 3 is 2.71 bits per heavy atom. The van der Waals surface area contributed by atoms with Crippen molar-refractivity contribution in [1.82, 2.24) is 4.72 Å². The van der Waals surface area contributed by atoms with Crippen molar-refractivity contribution in [3.05, 3.63) is 29.6 Å². The summed E-state index contributed by atoms with van der Waals surface area (Å²) in [6, 6.07) is 3.50. The van der Waals surface area contributed by atoms with E-state index in [1.807, 2.05) is 13.2 Å². The predicted molar refractivity (Wildman–Crippen MR) is 85.1 cm³/mol. The van der Waals surface area contributed by atoms with Gasteiger partial charge in [0.05, 0.1) is 17.0 Å². The lowest BCUT2D eigenvalue weighted by Gasteiger charge is -2.16. The number of hydrogen-bond acceptors (Lipinski definition) is 4. The summed E-state index contributed by atoms with van der Waals surface area (Å²) in [5, 5.41) is 0. The van der Waals surface area contributed by atoms with Crippen LogP contribution in [0.4, 0.5) is 4.39 Å². The summed E-state index contributed by atoms with van der Waals surface area (Å²) in [5.74, 6) is 5.08. The molecule has 0 fully saturated rings. The summed E-state index contributed by atoms with van der Waals surface area (Å²) < 4.78 is 40.8. The summed E-state index contributed by atoms with van der Waals surface area (Å²) in [5.41, 5.74) is 5.36. The highest BCUT2D eigenvalue weighted by atomic mass is 32.2. The van der Waals surface area contributed by atoms with Crippen molar-refractivity contribution in [1.29, 1.82) is 0 Å². The van der Waals surface area contributed by atoms with Crippen LogP contribution in [0.3, 0.4) is 0 Å². The maximum Gasteiger partial charge on any atom is 0.240 e. The van der Waals surface area contributed by atoms with E-state index in [-0.39, 0.29) is 23.0 Å². The summed E-state index contributed by atoms with van der Waals surface area (Å²) in [7, 11) is -3.73. The molecule has 7 heteroatoms.